The Labute approximate surface area is 155 Å². The second-order valence-electron chi connectivity index (χ2n) is 6.92. The van der Waals surface area contributed by atoms with Gasteiger partial charge in [-0.05, 0) is 48.9 Å². The van der Waals surface area contributed by atoms with Crippen molar-refractivity contribution in [1.29, 1.82) is 0 Å². The second-order valence-corrected chi connectivity index (χ2v) is 7.32. The molecule has 3 atom stereocenters. The lowest BCUT2D eigenvalue weighted by Crippen LogP contribution is -2.45. The van der Waals surface area contributed by atoms with Gasteiger partial charge in [-0.2, -0.15) is 0 Å². The van der Waals surface area contributed by atoms with Gasteiger partial charge in [-0.3, -0.25) is 9.78 Å². The van der Waals surface area contributed by atoms with E-state index in [9.17, 15) is 14.7 Å². The highest BCUT2D eigenvalue weighted by Crippen LogP contribution is 2.42. The number of hydrogen-bond donors (Lipinski definition) is 1. The summed E-state index contributed by atoms with van der Waals surface area (Å²) < 4.78 is 5.69. The molecule has 2 aromatic rings. The smallest absolute Gasteiger partial charge is 0.326 e. The van der Waals surface area contributed by atoms with Crippen LogP contribution in [0.5, 0.6) is 5.75 Å². The molecule has 1 amide bonds. The number of likely N-dealkylation sites (tertiary alicyclic amines) is 1. The SMILES string of the molecule is O=C(O)C1C2CCCC2CN1C(=O)COc1ccc(Cl)c2cccnc12. The molecule has 2 fully saturated rings. The minimum absolute atomic E-state index is 0.0643. The Hall–Kier alpha value is -2.34. The van der Waals surface area contributed by atoms with Crippen molar-refractivity contribution in [1.82, 2.24) is 9.88 Å². The Morgan fingerprint density at radius 1 is 1.31 bits per heavy atom. The molecule has 26 heavy (non-hydrogen) atoms. The number of carbonyl (C=O) groups excluding carboxylic acids is 1. The minimum atomic E-state index is -0.925. The average molecular weight is 375 g/mol. The van der Waals surface area contributed by atoms with Crippen LogP contribution in [0.1, 0.15) is 19.3 Å². The number of ether oxygens (including phenoxy) is 1. The van der Waals surface area contributed by atoms with Crippen molar-refractivity contribution in [2.75, 3.05) is 13.2 Å². The number of carboxylic acids is 1. The number of rotatable bonds is 4. The highest BCUT2D eigenvalue weighted by molar-refractivity contribution is 6.35. The van der Waals surface area contributed by atoms with Crippen molar-refractivity contribution in [2.24, 2.45) is 11.8 Å². The Bertz CT molecular complexity index is 872. The van der Waals surface area contributed by atoms with E-state index in [0.29, 0.717) is 22.8 Å². The van der Waals surface area contributed by atoms with E-state index in [2.05, 4.69) is 4.98 Å². The molecule has 1 aromatic carbocycles. The molecule has 0 radical (unpaired) electrons. The summed E-state index contributed by atoms with van der Waals surface area (Å²) in [5.74, 6) is -0.408. The molecule has 1 aliphatic carbocycles. The van der Waals surface area contributed by atoms with E-state index in [-0.39, 0.29) is 24.3 Å². The third-order valence-corrected chi connectivity index (χ3v) is 5.82. The highest BCUT2D eigenvalue weighted by atomic mass is 35.5. The van der Waals surface area contributed by atoms with Crippen LogP contribution in [0.15, 0.2) is 30.5 Å². The first-order chi connectivity index (χ1) is 12.6. The number of amides is 1. The Kier molecular flexibility index (Phi) is 4.44. The third-order valence-electron chi connectivity index (χ3n) is 5.49. The zero-order chi connectivity index (χ0) is 18.3. The summed E-state index contributed by atoms with van der Waals surface area (Å²) in [6.45, 7) is 0.292. The summed E-state index contributed by atoms with van der Waals surface area (Å²) in [6.07, 6.45) is 4.54. The molecule has 6 nitrogen and oxygen atoms in total. The summed E-state index contributed by atoms with van der Waals surface area (Å²) in [5.41, 5.74) is 0.584. The van der Waals surface area contributed by atoms with E-state index in [0.717, 1.165) is 24.6 Å². The fraction of sp³-hybridized carbons (Fsp3) is 0.421. The van der Waals surface area contributed by atoms with Gasteiger partial charge in [0.25, 0.3) is 5.91 Å². The number of fused-ring (bicyclic) bond motifs is 2. The Morgan fingerprint density at radius 3 is 2.96 bits per heavy atom. The molecule has 4 rings (SSSR count). The fourth-order valence-corrected chi connectivity index (χ4v) is 4.54. The molecule has 1 saturated heterocycles. The summed E-state index contributed by atoms with van der Waals surface area (Å²) >= 11 is 6.17. The number of benzene rings is 1. The van der Waals surface area contributed by atoms with E-state index >= 15 is 0 Å². The van der Waals surface area contributed by atoms with Crippen LogP contribution in [0, 0.1) is 11.8 Å². The van der Waals surface area contributed by atoms with Crippen molar-refractivity contribution < 1.29 is 19.4 Å². The monoisotopic (exact) mass is 374 g/mol. The van der Waals surface area contributed by atoms with Gasteiger partial charge < -0.3 is 14.7 Å². The van der Waals surface area contributed by atoms with Gasteiger partial charge in [-0.25, -0.2) is 4.79 Å². The van der Waals surface area contributed by atoms with Crippen LogP contribution in [0.4, 0.5) is 0 Å². The van der Waals surface area contributed by atoms with E-state index in [1.807, 2.05) is 6.07 Å². The van der Waals surface area contributed by atoms with Gasteiger partial charge in [0.05, 0.1) is 5.02 Å². The lowest BCUT2D eigenvalue weighted by atomic mass is 9.94. The van der Waals surface area contributed by atoms with Crippen molar-refractivity contribution in [3.05, 3.63) is 35.5 Å². The molecule has 1 saturated carbocycles. The Balaban J connectivity index is 1.51. The van der Waals surface area contributed by atoms with Gasteiger partial charge in [0.2, 0.25) is 0 Å². The van der Waals surface area contributed by atoms with Gasteiger partial charge in [-0.15, -0.1) is 0 Å². The predicted molar refractivity (Wildman–Crippen MR) is 96.2 cm³/mol. The molecular formula is C19H19ClN2O4. The third kappa shape index (κ3) is 2.88. The van der Waals surface area contributed by atoms with Crippen LogP contribution in [-0.2, 0) is 9.59 Å². The van der Waals surface area contributed by atoms with E-state index in [1.54, 1.807) is 24.4 Å². The number of aliphatic carboxylic acids is 1. The van der Waals surface area contributed by atoms with Crippen LogP contribution in [0.25, 0.3) is 10.9 Å². The number of carboxylic acid groups (broad SMARTS) is 1. The minimum Gasteiger partial charge on any atom is -0.481 e. The number of pyridine rings is 1. The van der Waals surface area contributed by atoms with E-state index < -0.39 is 12.0 Å². The molecule has 0 bridgehead atoms. The molecule has 0 spiro atoms. The van der Waals surface area contributed by atoms with Crippen molar-refractivity contribution >= 4 is 34.4 Å². The summed E-state index contributed by atoms with van der Waals surface area (Å²) in [6, 6.07) is 6.26. The molecule has 2 heterocycles. The first-order valence-corrected chi connectivity index (χ1v) is 9.12. The number of carbonyl (C=O) groups is 2. The Morgan fingerprint density at radius 2 is 2.15 bits per heavy atom. The maximum absolute atomic E-state index is 12.7. The first-order valence-electron chi connectivity index (χ1n) is 8.74. The fourth-order valence-electron chi connectivity index (χ4n) is 4.33. The van der Waals surface area contributed by atoms with E-state index in [1.165, 1.54) is 4.90 Å². The van der Waals surface area contributed by atoms with Crippen LogP contribution in [0.3, 0.4) is 0 Å². The van der Waals surface area contributed by atoms with Crippen LogP contribution in [-0.4, -0.2) is 46.1 Å². The zero-order valence-electron chi connectivity index (χ0n) is 14.1. The molecule has 1 aromatic heterocycles. The van der Waals surface area contributed by atoms with Crippen LogP contribution in [0.2, 0.25) is 5.02 Å². The predicted octanol–water partition coefficient (Wildman–Crippen LogP) is 2.98. The van der Waals surface area contributed by atoms with Crippen LogP contribution >= 0.6 is 11.6 Å². The molecular weight excluding hydrogens is 356 g/mol. The zero-order valence-corrected chi connectivity index (χ0v) is 14.9. The van der Waals surface area contributed by atoms with Gasteiger partial charge >= 0.3 is 5.97 Å². The molecule has 2 aliphatic rings. The standard InChI is InChI=1S/C19H19ClN2O4/c20-14-6-7-15(17-13(14)5-2-8-21-17)26-10-16(23)22-9-11-3-1-4-12(11)18(22)19(24)25/h2,5-8,11-12,18H,1,3-4,9-10H2,(H,24,25). The molecule has 7 heteroatoms. The summed E-state index contributed by atoms with van der Waals surface area (Å²) in [5, 5.41) is 10.9. The topological polar surface area (TPSA) is 79.7 Å². The van der Waals surface area contributed by atoms with Gasteiger partial charge in [0, 0.05) is 18.1 Å². The largest absolute Gasteiger partial charge is 0.481 e. The van der Waals surface area contributed by atoms with Crippen molar-refractivity contribution in [3.63, 3.8) is 0 Å². The maximum atomic E-state index is 12.7. The van der Waals surface area contributed by atoms with Crippen molar-refractivity contribution in [3.8, 4) is 5.75 Å². The lowest BCUT2D eigenvalue weighted by Gasteiger charge is -2.24. The first kappa shape index (κ1) is 17.1. The maximum Gasteiger partial charge on any atom is 0.326 e. The molecule has 3 unspecified atom stereocenters. The molecule has 1 N–H and O–H groups in total. The van der Waals surface area contributed by atoms with Gasteiger partial charge in [0.15, 0.2) is 6.61 Å². The average Bonchev–Trinajstić information content (AvgIpc) is 3.21. The van der Waals surface area contributed by atoms with E-state index in [4.69, 9.17) is 16.3 Å². The van der Waals surface area contributed by atoms with Gasteiger partial charge in [0.1, 0.15) is 17.3 Å². The number of halogens is 1. The summed E-state index contributed by atoms with van der Waals surface area (Å²) in [4.78, 5) is 30.1. The van der Waals surface area contributed by atoms with Crippen molar-refractivity contribution in [2.45, 2.75) is 25.3 Å². The van der Waals surface area contributed by atoms with Gasteiger partial charge in [-0.1, -0.05) is 18.0 Å². The molecule has 136 valence electrons. The number of hydrogen-bond acceptors (Lipinski definition) is 4. The molecule has 1 aliphatic heterocycles. The normalized spacial score (nSPS) is 24.7. The second kappa shape index (κ2) is 6.76. The highest BCUT2D eigenvalue weighted by Gasteiger charge is 2.49. The number of nitrogens with zero attached hydrogens (tertiary/aromatic N) is 2. The lowest BCUT2D eigenvalue weighted by molar-refractivity contribution is -0.150. The summed E-state index contributed by atoms with van der Waals surface area (Å²) in [7, 11) is 0. The number of aromatic nitrogens is 1. The quantitative estimate of drug-likeness (QED) is 0.889. The van der Waals surface area contributed by atoms with Crippen LogP contribution < -0.4 is 4.74 Å².